The van der Waals surface area contributed by atoms with Crippen molar-refractivity contribution >= 4 is 11.8 Å². The molecule has 1 N–H and O–H groups in total. The lowest BCUT2D eigenvalue weighted by molar-refractivity contribution is 0.122. The summed E-state index contributed by atoms with van der Waals surface area (Å²) in [6.45, 7) is 3.71. The van der Waals surface area contributed by atoms with Gasteiger partial charge in [0.2, 0.25) is 5.95 Å². The Hall–Kier alpha value is -5.09. The summed E-state index contributed by atoms with van der Waals surface area (Å²) in [4.78, 5) is 26.6. The molecule has 3 aromatic heterocycles. The summed E-state index contributed by atoms with van der Waals surface area (Å²) >= 11 is 0. The van der Waals surface area contributed by atoms with Crippen LogP contribution in [0.25, 0.3) is 22.8 Å². The maximum Gasteiger partial charge on any atom is 0.228 e. The zero-order chi connectivity index (χ0) is 30.6. The van der Waals surface area contributed by atoms with E-state index in [0.717, 1.165) is 83.4 Å². The van der Waals surface area contributed by atoms with Crippen molar-refractivity contribution in [2.45, 2.75) is 19.3 Å². The van der Waals surface area contributed by atoms with Crippen molar-refractivity contribution in [3.63, 3.8) is 0 Å². The molecule has 0 radical (unpaired) electrons. The Labute approximate surface area is 262 Å². The molecule has 2 aromatic carbocycles. The molecule has 0 saturated carbocycles. The van der Waals surface area contributed by atoms with E-state index in [0.29, 0.717) is 31.4 Å². The first kappa shape index (κ1) is 28.7. The number of pyridine rings is 1. The van der Waals surface area contributed by atoms with E-state index < -0.39 is 0 Å². The van der Waals surface area contributed by atoms with Crippen LogP contribution in [0.5, 0.6) is 11.5 Å². The zero-order valence-corrected chi connectivity index (χ0v) is 25.5. The van der Waals surface area contributed by atoms with Gasteiger partial charge in [-0.25, -0.2) is 15.0 Å². The van der Waals surface area contributed by atoms with Crippen LogP contribution in [0.1, 0.15) is 27.8 Å². The minimum atomic E-state index is 0.580. The van der Waals surface area contributed by atoms with Crippen LogP contribution in [0.4, 0.5) is 11.8 Å². The molecular formula is C35H35N7O3. The minimum absolute atomic E-state index is 0.580. The van der Waals surface area contributed by atoms with E-state index in [-0.39, 0.29) is 0 Å². The van der Waals surface area contributed by atoms with Gasteiger partial charge in [-0.05, 0) is 71.8 Å². The first-order valence-corrected chi connectivity index (χ1v) is 15.2. The van der Waals surface area contributed by atoms with E-state index in [1.165, 1.54) is 11.1 Å². The summed E-state index contributed by atoms with van der Waals surface area (Å²) in [5.41, 5.74) is 8.20. The van der Waals surface area contributed by atoms with Crippen molar-refractivity contribution in [2.24, 2.45) is 0 Å². The molecule has 2 aliphatic rings. The number of aromatic nitrogens is 5. The molecule has 0 bridgehead atoms. The molecule has 0 unspecified atom stereocenters. The number of morpholine rings is 1. The maximum absolute atomic E-state index is 5.54. The predicted octanol–water partition coefficient (Wildman–Crippen LogP) is 5.00. The Morgan fingerprint density at radius 2 is 1.44 bits per heavy atom. The Morgan fingerprint density at radius 3 is 2.11 bits per heavy atom. The van der Waals surface area contributed by atoms with Crippen LogP contribution in [0.2, 0.25) is 0 Å². The van der Waals surface area contributed by atoms with Crippen LogP contribution in [0, 0.1) is 0 Å². The lowest BCUT2D eigenvalue weighted by Crippen LogP contribution is -2.37. The third-order valence-corrected chi connectivity index (χ3v) is 8.34. The molecule has 1 saturated heterocycles. The van der Waals surface area contributed by atoms with E-state index in [1.807, 2.05) is 42.9 Å². The fourth-order valence-corrected chi connectivity index (χ4v) is 5.88. The van der Waals surface area contributed by atoms with Gasteiger partial charge in [-0.2, -0.15) is 4.98 Å². The second-order valence-electron chi connectivity index (χ2n) is 11.1. The van der Waals surface area contributed by atoms with Gasteiger partial charge in [0.15, 0.2) is 5.82 Å². The van der Waals surface area contributed by atoms with Gasteiger partial charge in [-0.15, -0.1) is 0 Å². The van der Waals surface area contributed by atoms with Crippen LogP contribution in [0.15, 0.2) is 73.2 Å². The average molecular weight is 602 g/mol. The number of methoxy groups -OCH3 is 2. The standard InChI is InChI=1S/C35H35N7O3/c1-43-27-7-3-23(4-8-27)19-25-11-13-36-32(30(25)20-24-5-9-28(44-2)10-6-24)34-38-21-26(22-39-34)31-29-12-14-37-33(29)41-35(40-31)42-15-17-45-18-16-42/h3-11,13,21-22H,12,14-20H2,1-2H3,(H,37,40,41). The summed E-state index contributed by atoms with van der Waals surface area (Å²) in [5.74, 6) is 3.84. The van der Waals surface area contributed by atoms with Gasteiger partial charge in [0, 0.05) is 49.4 Å². The number of benzene rings is 2. The molecule has 0 atom stereocenters. The first-order chi connectivity index (χ1) is 22.2. The SMILES string of the molecule is COc1ccc(Cc2ccnc(-c3ncc(-c4nc(N5CCOCC5)nc5c4CCN5)cn3)c2Cc2ccc(OC)cc2)cc1. The molecule has 7 rings (SSSR count). The fraction of sp³-hybridized carbons (Fsp3) is 0.286. The number of hydrogen-bond donors (Lipinski definition) is 1. The van der Waals surface area contributed by atoms with Gasteiger partial charge >= 0.3 is 0 Å². The molecule has 0 spiro atoms. The Kier molecular flexibility index (Phi) is 8.20. The van der Waals surface area contributed by atoms with Crippen molar-refractivity contribution in [2.75, 3.05) is 57.3 Å². The van der Waals surface area contributed by atoms with Crippen LogP contribution >= 0.6 is 0 Å². The van der Waals surface area contributed by atoms with Gasteiger partial charge in [-0.1, -0.05) is 24.3 Å². The summed E-state index contributed by atoms with van der Waals surface area (Å²) in [5, 5.41) is 3.42. The maximum atomic E-state index is 5.54. The predicted molar refractivity (Wildman–Crippen MR) is 173 cm³/mol. The Bertz CT molecular complexity index is 1770. The van der Waals surface area contributed by atoms with Crippen molar-refractivity contribution in [1.29, 1.82) is 0 Å². The second-order valence-corrected chi connectivity index (χ2v) is 11.1. The normalized spacial score (nSPS) is 14.1. The van der Waals surface area contributed by atoms with Crippen molar-refractivity contribution < 1.29 is 14.2 Å². The minimum Gasteiger partial charge on any atom is -0.497 e. The third-order valence-electron chi connectivity index (χ3n) is 8.34. The highest BCUT2D eigenvalue weighted by Crippen LogP contribution is 2.33. The molecular weight excluding hydrogens is 566 g/mol. The number of anilines is 2. The quantitative estimate of drug-likeness (QED) is 0.248. The van der Waals surface area contributed by atoms with Crippen molar-refractivity contribution in [1.82, 2.24) is 24.9 Å². The molecule has 2 aliphatic heterocycles. The van der Waals surface area contributed by atoms with E-state index in [1.54, 1.807) is 14.2 Å². The Morgan fingerprint density at radius 1 is 0.778 bits per heavy atom. The first-order valence-electron chi connectivity index (χ1n) is 15.2. The van der Waals surface area contributed by atoms with Crippen molar-refractivity contribution in [3.8, 4) is 34.3 Å². The molecule has 0 aliphatic carbocycles. The zero-order valence-electron chi connectivity index (χ0n) is 25.5. The van der Waals surface area contributed by atoms with Crippen LogP contribution in [-0.4, -0.2) is 72.0 Å². The van der Waals surface area contributed by atoms with E-state index in [4.69, 9.17) is 39.1 Å². The number of ether oxygens (including phenoxy) is 3. The second kappa shape index (κ2) is 12.9. The number of hydrogen-bond acceptors (Lipinski definition) is 10. The summed E-state index contributed by atoms with van der Waals surface area (Å²) in [6.07, 6.45) is 7.85. The number of rotatable bonds is 9. The monoisotopic (exact) mass is 601 g/mol. The Balaban J connectivity index is 1.25. The van der Waals surface area contributed by atoms with Crippen LogP contribution < -0.4 is 19.7 Å². The van der Waals surface area contributed by atoms with Gasteiger partial charge in [0.05, 0.1) is 33.1 Å². The van der Waals surface area contributed by atoms with Gasteiger partial charge in [0.1, 0.15) is 23.0 Å². The third kappa shape index (κ3) is 6.14. The smallest absolute Gasteiger partial charge is 0.228 e. The summed E-state index contributed by atoms with van der Waals surface area (Å²) < 4.78 is 16.3. The molecule has 0 amide bonds. The molecule has 228 valence electrons. The topological polar surface area (TPSA) is 107 Å². The summed E-state index contributed by atoms with van der Waals surface area (Å²) in [7, 11) is 3.36. The fourth-order valence-electron chi connectivity index (χ4n) is 5.88. The molecule has 10 nitrogen and oxygen atoms in total. The van der Waals surface area contributed by atoms with E-state index in [2.05, 4.69) is 40.5 Å². The summed E-state index contributed by atoms with van der Waals surface area (Å²) in [6, 6.07) is 18.4. The molecule has 10 heteroatoms. The van der Waals surface area contributed by atoms with Gasteiger partial charge in [0.25, 0.3) is 0 Å². The van der Waals surface area contributed by atoms with E-state index in [9.17, 15) is 0 Å². The number of nitrogens with zero attached hydrogens (tertiary/aromatic N) is 6. The van der Waals surface area contributed by atoms with Crippen molar-refractivity contribution in [3.05, 3.63) is 101 Å². The lowest BCUT2D eigenvalue weighted by Gasteiger charge is -2.27. The average Bonchev–Trinajstić information content (AvgIpc) is 3.59. The van der Waals surface area contributed by atoms with Crippen LogP contribution in [-0.2, 0) is 24.0 Å². The highest BCUT2D eigenvalue weighted by Gasteiger charge is 2.24. The number of nitrogens with one attached hydrogen (secondary N) is 1. The number of fused-ring (bicyclic) bond motifs is 1. The lowest BCUT2D eigenvalue weighted by atomic mass is 9.94. The molecule has 5 aromatic rings. The molecule has 45 heavy (non-hydrogen) atoms. The molecule has 1 fully saturated rings. The van der Waals surface area contributed by atoms with Gasteiger partial charge < -0.3 is 24.4 Å². The largest absolute Gasteiger partial charge is 0.497 e. The van der Waals surface area contributed by atoms with E-state index >= 15 is 0 Å². The molecule has 5 heterocycles. The van der Waals surface area contributed by atoms with Crippen LogP contribution in [0.3, 0.4) is 0 Å². The highest BCUT2D eigenvalue weighted by atomic mass is 16.5. The highest BCUT2D eigenvalue weighted by molar-refractivity contribution is 5.72. The van der Waals surface area contributed by atoms with Gasteiger partial charge in [-0.3, -0.25) is 4.98 Å².